The number of nitrogens with zero attached hydrogens (tertiary/aromatic N) is 3. The maximum atomic E-state index is 12.5. The lowest BCUT2D eigenvalue weighted by molar-refractivity contribution is -0.0508. The second kappa shape index (κ2) is 6.43. The number of para-hydroxylation sites is 1. The van der Waals surface area contributed by atoms with Crippen molar-refractivity contribution in [2.75, 3.05) is 6.54 Å². The van der Waals surface area contributed by atoms with Crippen molar-refractivity contribution in [3.05, 3.63) is 53.1 Å². The Hall–Kier alpha value is -2.08. The van der Waals surface area contributed by atoms with Crippen LogP contribution in [0.2, 0.25) is 0 Å². The van der Waals surface area contributed by atoms with Crippen LogP contribution in [0.5, 0.6) is 5.75 Å². The molecule has 0 atom stereocenters. The van der Waals surface area contributed by atoms with E-state index in [1.54, 1.807) is 12.1 Å². The molecule has 0 N–H and O–H groups in total. The number of alkyl halides is 2. The molecular formula is C18H19F2N3O. The van der Waals surface area contributed by atoms with Crippen LogP contribution in [0.15, 0.2) is 30.5 Å². The van der Waals surface area contributed by atoms with Gasteiger partial charge in [-0.1, -0.05) is 18.2 Å². The Bertz CT molecular complexity index is 734. The molecule has 4 nitrogen and oxygen atoms in total. The fourth-order valence-corrected chi connectivity index (χ4v) is 3.15. The van der Waals surface area contributed by atoms with Crippen molar-refractivity contribution in [3.8, 4) is 5.75 Å². The number of hydrogen-bond donors (Lipinski definition) is 0. The van der Waals surface area contributed by atoms with E-state index in [-0.39, 0.29) is 5.75 Å². The molecule has 0 unspecified atom stereocenters. The average Bonchev–Trinajstić information content (AvgIpc) is 3.41. The van der Waals surface area contributed by atoms with E-state index in [4.69, 9.17) is 4.98 Å². The maximum absolute atomic E-state index is 12.5. The van der Waals surface area contributed by atoms with Crippen LogP contribution in [0.3, 0.4) is 0 Å². The van der Waals surface area contributed by atoms with Gasteiger partial charge in [0.15, 0.2) is 0 Å². The van der Waals surface area contributed by atoms with Crippen LogP contribution in [-0.4, -0.2) is 28.0 Å². The molecule has 0 bridgehead atoms. The molecular weight excluding hydrogens is 312 g/mol. The van der Waals surface area contributed by atoms with Crippen molar-refractivity contribution < 1.29 is 13.5 Å². The third kappa shape index (κ3) is 3.38. The number of fused-ring (bicyclic) bond motifs is 1. The van der Waals surface area contributed by atoms with Gasteiger partial charge in [0.05, 0.1) is 0 Å². The first kappa shape index (κ1) is 15.4. The SMILES string of the molecule is FC(F)Oc1ccccc1CN1CCc2nc(C3CC3)ncc2C1. The van der Waals surface area contributed by atoms with E-state index >= 15 is 0 Å². The van der Waals surface area contributed by atoms with E-state index in [2.05, 4.69) is 14.6 Å². The molecule has 0 amide bonds. The van der Waals surface area contributed by atoms with Crippen LogP contribution in [0.1, 0.15) is 41.4 Å². The van der Waals surface area contributed by atoms with Gasteiger partial charge in [-0.15, -0.1) is 0 Å². The minimum Gasteiger partial charge on any atom is -0.434 e. The topological polar surface area (TPSA) is 38.2 Å². The van der Waals surface area contributed by atoms with Crippen LogP contribution in [-0.2, 0) is 19.5 Å². The van der Waals surface area contributed by atoms with Gasteiger partial charge in [0.1, 0.15) is 11.6 Å². The quantitative estimate of drug-likeness (QED) is 0.840. The zero-order chi connectivity index (χ0) is 16.5. The van der Waals surface area contributed by atoms with Gasteiger partial charge in [-0.3, -0.25) is 4.90 Å². The van der Waals surface area contributed by atoms with Crippen LogP contribution in [0.25, 0.3) is 0 Å². The molecule has 1 aromatic heterocycles. The molecule has 0 saturated heterocycles. The van der Waals surface area contributed by atoms with Gasteiger partial charge in [-0.05, 0) is 18.9 Å². The minimum atomic E-state index is -2.80. The number of benzene rings is 1. The Morgan fingerprint density at radius 2 is 2.08 bits per heavy atom. The number of hydrogen-bond acceptors (Lipinski definition) is 4. The normalized spacial score (nSPS) is 17.8. The molecule has 0 radical (unpaired) electrons. The molecule has 0 spiro atoms. The summed E-state index contributed by atoms with van der Waals surface area (Å²) in [5, 5.41) is 0. The minimum absolute atomic E-state index is 0.249. The van der Waals surface area contributed by atoms with Crippen molar-refractivity contribution in [2.45, 2.75) is 44.9 Å². The third-order valence-electron chi connectivity index (χ3n) is 4.56. The molecule has 4 rings (SSSR count). The summed E-state index contributed by atoms with van der Waals surface area (Å²) in [4.78, 5) is 11.4. The Morgan fingerprint density at radius 1 is 1.25 bits per heavy atom. The average molecular weight is 331 g/mol. The molecule has 2 aliphatic rings. The Balaban J connectivity index is 1.47. The van der Waals surface area contributed by atoms with Gasteiger partial charge in [-0.25, -0.2) is 9.97 Å². The van der Waals surface area contributed by atoms with E-state index in [0.717, 1.165) is 42.2 Å². The highest BCUT2D eigenvalue weighted by atomic mass is 19.3. The Morgan fingerprint density at radius 3 is 2.88 bits per heavy atom. The summed E-state index contributed by atoms with van der Waals surface area (Å²) in [6.07, 6.45) is 5.21. The lowest BCUT2D eigenvalue weighted by atomic mass is 10.1. The third-order valence-corrected chi connectivity index (χ3v) is 4.56. The fourth-order valence-electron chi connectivity index (χ4n) is 3.15. The second-order valence-corrected chi connectivity index (χ2v) is 6.42. The zero-order valence-corrected chi connectivity index (χ0v) is 13.3. The van der Waals surface area contributed by atoms with Gasteiger partial charge in [0.2, 0.25) is 0 Å². The van der Waals surface area contributed by atoms with Crippen molar-refractivity contribution in [2.24, 2.45) is 0 Å². The Labute approximate surface area is 139 Å². The summed E-state index contributed by atoms with van der Waals surface area (Å²) in [6, 6.07) is 6.97. The smallest absolute Gasteiger partial charge is 0.387 e. The van der Waals surface area contributed by atoms with Gasteiger partial charge in [0, 0.05) is 55.0 Å². The summed E-state index contributed by atoms with van der Waals surface area (Å²) < 4.78 is 29.7. The van der Waals surface area contributed by atoms with E-state index < -0.39 is 6.61 Å². The van der Waals surface area contributed by atoms with Crippen molar-refractivity contribution in [3.63, 3.8) is 0 Å². The molecule has 1 aromatic carbocycles. The second-order valence-electron chi connectivity index (χ2n) is 6.42. The predicted molar refractivity (Wildman–Crippen MR) is 84.9 cm³/mol. The van der Waals surface area contributed by atoms with E-state index in [1.165, 1.54) is 12.8 Å². The Kier molecular flexibility index (Phi) is 4.14. The lowest BCUT2D eigenvalue weighted by Crippen LogP contribution is -2.31. The summed E-state index contributed by atoms with van der Waals surface area (Å²) in [7, 11) is 0. The maximum Gasteiger partial charge on any atom is 0.387 e. The molecule has 1 aliphatic heterocycles. The number of rotatable bonds is 5. The van der Waals surface area contributed by atoms with E-state index in [1.807, 2.05) is 18.3 Å². The van der Waals surface area contributed by atoms with Gasteiger partial charge >= 0.3 is 6.61 Å². The monoisotopic (exact) mass is 331 g/mol. The van der Waals surface area contributed by atoms with Gasteiger partial charge < -0.3 is 4.74 Å². The van der Waals surface area contributed by atoms with Crippen LogP contribution >= 0.6 is 0 Å². The summed E-state index contributed by atoms with van der Waals surface area (Å²) >= 11 is 0. The van der Waals surface area contributed by atoms with Gasteiger partial charge in [0.25, 0.3) is 0 Å². The molecule has 2 heterocycles. The largest absolute Gasteiger partial charge is 0.434 e. The molecule has 1 fully saturated rings. The van der Waals surface area contributed by atoms with Gasteiger partial charge in [-0.2, -0.15) is 8.78 Å². The molecule has 1 saturated carbocycles. The predicted octanol–water partition coefficient (Wildman–Crippen LogP) is 3.51. The zero-order valence-electron chi connectivity index (χ0n) is 13.3. The lowest BCUT2D eigenvalue weighted by Gasteiger charge is -2.28. The first-order valence-electron chi connectivity index (χ1n) is 8.29. The van der Waals surface area contributed by atoms with Crippen LogP contribution in [0.4, 0.5) is 8.78 Å². The summed E-state index contributed by atoms with van der Waals surface area (Å²) in [6.45, 7) is -0.630. The van der Waals surface area contributed by atoms with Crippen molar-refractivity contribution >= 4 is 0 Å². The molecule has 2 aromatic rings. The number of ether oxygens (including phenoxy) is 1. The van der Waals surface area contributed by atoms with E-state index in [9.17, 15) is 8.78 Å². The molecule has 24 heavy (non-hydrogen) atoms. The van der Waals surface area contributed by atoms with Crippen LogP contribution in [0, 0.1) is 0 Å². The highest BCUT2D eigenvalue weighted by Gasteiger charge is 2.28. The van der Waals surface area contributed by atoms with Crippen LogP contribution < -0.4 is 4.74 Å². The molecule has 1 aliphatic carbocycles. The fraction of sp³-hybridized carbons (Fsp3) is 0.444. The molecule has 126 valence electrons. The van der Waals surface area contributed by atoms with Crippen molar-refractivity contribution in [1.82, 2.24) is 14.9 Å². The molecule has 6 heteroatoms. The highest BCUT2D eigenvalue weighted by molar-refractivity contribution is 5.33. The van der Waals surface area contributed by atoms with E-state index in [0.29, 0.717) is 12.5 Å². The summed E-state index contributed by atoms with van der Waals surface area (Å²) in [5.41, 5.74) is 3.05. The number of aromatic nitrogens is 2. The highest BCUT2D eigenvalue weighted by Crippen LogP contribution is 2.38. The van der Waals surface area contributed by atoms with Crippen molar-refractivity contribution in [1.29, 1.82) is 0 Å². The first-order chi connectivity index (χ1) is 11.7. The summed E-state index contributed by atoms with van der Waals surface area (Å²) in [5.74, 6) is 1.79. The number of halogens is 2. The standard InChI is InChI=1S/C18H19F2N3O/c19-18(20)24-16-4-2-1-3-13(16)10-23-8-7-15-14(11-23)9-21-17(22-15)12-5-6-12/h1-4,9,12,18H,5-8,10-11H2. The first-order valence-corrected chi connectivity index (χ1v) is 8.29.